The molecule has 2 atom stereocenters. The van der Waals surface area contributed by atoms with Gasteiger partial charge in [0.1, 0.15) is 6.04 Å². The molecular weight excluding hydrogens is 501 g/mol. The van der Waals surface area contributed by atoms with Crippen LogP contribution in [0.15, 0.2) is 91.0 Å². The van der Waals surface area contributed by atoms with E-state index in [-0.39, 0.29) is 25.6 Å². The summed E-state index contributed by atoms with van der Waals surface area (Å²) in [6, 6.07) is 26.0. The molecule has 0 spiro atoms. The highest BCUT2D eigenvalue weighted by Crippen LogP contribution is 2.46. The molecule has 38 heavy (non-hydrogen) atoms. The normalized spacial score (nSPS) is 13.1. The Bertz CT molecular complexity index is 1150. The van der Waals surface area contributed by atoms with Crippen molar-refractivity contribution in [3.63, 3.8) is 0 Å². The predicted molar refractivity (Wildman–Crippen MR) is 148 cm³/mol. The summed E-state index contributed by atoms with van der Waals surface area (Å²) < 4.78 is 25.5. The third kappa shape index (κ3) is 9.88. The molecule has 202 valence electrons. The van der Waals surface area contributed by atoms with Crippen molar-refractivity contribution in [3.05, 3.63) is 108 Å². The van der Waals surface area contributed by atoms with Crippen LogP contribution in [0.5, 0.6) is 0 Å². The lowest BCUT2D eigenvalue weighted by atomic mass is 10.0. The Kier molecular flexibility index (Phi) is 11.2. The summed E-state index contributed by atoms with van der Waals surface area (Å²) in [7, 11) is -3.98. The Morgan fingerprint density at radius 1 is 0.763 bits per heavy atom. The van der Waals surface area contributed by atoms with E-state index < -0.39 is 31.6 Å². The lowest BCUT2D eigenvalue weighted by molar-refractivity contribution is -0.128. The molecule has 0 saturated carbocycles. The van der Waals surface area contributed by atoms with E-state index in [1.807, 2.05) is 105 Å². The van der Waals surface area contributed by atoms with Crippen molar-refractivity contribution in [3.8, 4) is 0 Å². The fourth-order valence-electron chi connectivity index (χ4n) is 3.80. The SMILES string of the molecule is CC(C)C[C@H](NP(=O)(OCc1ccccc1)OCc1ccccc1)C(=O)N[C@@H](Cc1ccccc1)C(N)=O. The topological polar surface area (TPSA) is 120 Å². The van der Waals surface area contributed by atoms with E-state index in [1.54, 1.807) is 0 Å². The van der Waals surface area contributed by atoms with Crippen molar-refractivity contribution in [1.29, 1.82) is 0 Å². The van der Waals surface area contributed by atoms with Gasteiger partial charge in [0.25, 0.3) is 0 Å². The summed E-state index contributed by atoms with van der Waals surface area (Å²) in [5.41, 5.74) is 8.07. The maximum absolute atomic E-state index is 13.9. The van der Waals surface area contributed by atoms with Crippen molar-refractivity contribution in [2.24, 2.45) is 11.7 Å². The number of carbonyl (C=O) groups is 2. The average Bonchev–Trinajstić information content (AvgIpc) is 2.91. The molecule has 4 N–H and O–H groups in total. The zero-order valence-corrected chi connectivity index (χ0v) is 22.7. The molecular formula is C29H36N3O5P. The summed E-state index contributed by atoms with van der Waals surface area (Å²) in [5.74, 6) is -1.10. The van der Waals surface area contributed by atoms with Gasteiger partial charge in [-0.3, -0.25) is 18.6 Å². The maximum Gasteiger partial charge on any atom is 0.406 e. The van der Waals surface area contributed by atoms with E-state index >= 15 is 0 Å². The minimum absolute atomic E-state index is 0.0217. The summed E-state index contributed by atoms with van der Waals surface area (Å²) in [4.78, 5) is 25.6. The van der Waals surface area contributed by atoms with Gasteiger partial charge < -0.3 is 11.1 Å². The first-order valence-corrected chi connectivity index (χ1v) is 14.2. The van der Waals surface area contributed by atoms with Crippen LogP contribution in [0.3, 0.4) is 0 Å². The number of amides is 2. The van der Waals surface area contributed by atoms with Crippen LogP contribution in [0.4, 0.5) is 0 Å². The van der Waals surface area contributed by atoms with Crippen LogP contribution in [0.2, 0.25) is 0 Å². The van der Waals surface area contributed by atoms with Crippen molar-refractivity contribution in [1.82, 2.24) is 10.4 Å². The molecule has 0 unspecified atom stereocenters. The second kappa shape index (κ2) is 14.6. The molecule has 0 radical (unpaired) electrons. The average molecular weight is 538 g/mol. The highest BCUT2D eigenvalue weighted by molar-refractivity contribution is 7.51. The zero-order chi connectivity index (χ0) is 27.4. The van der Waals surface area contributed by atoms with E-state index in [0.717, 1.165) is 16.7 Å². The molecule has 0 fully saturated rings. The minimum Gasteiger partial charge on any atom is -0.368 e. The summed E-state index contributed by atoms with van der Waals surface area (Å²) in [5, 5.41) is 5.59. The second-order valence-electron chi connectivity index (χ2n) is 9.48. The maximum atomic E-state index is 13.9. The molecule has 3 aromatic carbocycles. The van der Waals surface area contributed by atoms with Gasteiger partial charge in [0.15, 0.2) is 0 Å². The summed E-state index contributed by atoms with van der Waals surface area (Å²) in [6.45, 7) is 3.93. The fraction of sp³-hybridized carbons (Fsp3) is 0.310. The Labute approximate surface area is 224 Å². The largest absolute Gasteiger partial charge is 0.406 e. The Balaban J connectivity index is 1.78. The standard InChI is InChI=1S/C29H36N3O5P/c1-22(2)18-27(29(34)31-26(28(30)33)19-23-12-6-3-7-13-23)32-38(35,36-20-24-14-8-4-9-15-24)37-21-25-16-10-5-11-17-25/h3-17,22,26-27H,18-21H2,1-2H3,(H2,30,33)(H,31,34)(H,32,35)/t26-,27-/m0/s1. The van der Waals surface area contributed by atoms with E-state index in [2.05, 4.69) is 10.4 Å². The minimum atomic E-state index is -3.98. The Hall–Kier alpha value is -3.29. The Morgan fingerprint density at radius 3 is 1.63 bits per heavy atom. The van der Waals surface area contributed by atoms with Gasteiger partial charge in [-0.05, 0) is 29.0 Å². The van der Waals surface area contributed by atoms with Crippen molar-refractivity contribution in [2.45, 2.75) is 52.0 Å². The summed E-state index contributed by atoms with van der Waals surface area (Å²) in [6.07, 6.45) is 0.568. The van der Waals surface area contributed by atoms with E-state index in [1.165, 1.54) is 0 Å². The third-order valence-corrected chi connectivity index (χ3v) is 7.33. The van der Waals surface area contributed by atoms with E-state index in [0.29, 0.717) is 6.42 Å². The van der Waals surface area contributed by atoms with Gasteiger partial charge in [0.05, 0.1) is 19.3 Å². The van der Waals surface area contributed by atoms with Gasteiger partial charge in [0.2, 0.25) is 11.8 Å². The number of hydrogen-bond donors (Lipinski definition) is 3. The second-order valence-corrected chi connectivity index (χ2v) is 11.2. The van der Waals surface area contributed by atoms with Gasteiger partial charge in [-0.25, -0.2) is 9.65 Å². The smallest absolute Gasteiger partial charge is 0.368 e. The van der Waals surface area contributed by atoms with Crippen LogP contribution in [-0.4, -0.2) is 23.9 Å². The molecule has 0 bridgehead atoms. The molecule has 8 nitrogen and oxygen atoms in total. The Morgan fingerprint density at radius 2 is 1.21 bits per heavy atom. The number of primary amides is 1. The molecule has 3 rings (SSSR count). The van der Waals surface area contributed by atoms with E-state index in [9.17, 15) is 14.2 Å². The molecule has 2 amide bonds. The molecule has 9 heteroatoms. The first-order valence-electron chi connectivity index (χ1n) is 12.6. The quantitative estimate of drug-likeness (QED) is 0.241. The molecule has 3 aromatic rings. The molecule has 0 saturated heterocycles. The van der Waals surface area contributed by atoms with Gasteiger partial charge in [-0.1, -0.05) is 105 Å². The molecule has 0 aliphatic rings. The third-order valence-electron chi connectivity index (χ3n) is 5.77. The zero-order valence-electron chi connectivity index (χ0n) is 21.8. The van der Waals surface area contributed by atoms with E-state index in [4.69, 9.17) is 14.8 Å². The molecule has 0 aromatic heterocycles. The van der Waals surface area contributed by atoms with Crippen LogP contribution in [-0.2, 0) is 42.8 Å². The highest BCUT2D eigenvalue weighted by Gasteiger charge is 2.34. The van der Waals surface area contributed by atoms with Gasteiger partial charge in [-0.2, -0.15) is 0 Å². The van der Waals surface area contributed by atoms with Crippen LogP contribution < -0.4 is 16.1 Å². The number of benzene rings is 3. The number of nitrogens with one attached hydrogen (secondary N) is 2. The van der Waals surface area contributed by atoms with Gasteiger partial charge in [0, 0.05) is 6.42 Å². The number of rotatable bonds is 15. The molecule has 0 aliphatic carbocycles. The first kappa shape index (κ1) is 29.3. The van der Waals surface area contributed by atoms with Crippen LogP contribution >= 0.6 is 7.75 Å². The summed E-state index contributed by atoms with van der Waals surface area (Å²) >= 11 is 0. The molecule has 0 aliphatic heterocycles. The highest BCUT2D eigenvalue weighted by atomic mass is 31.2. The van der Waals surface area contributed by atoms with Crippen LogP contribution in [0.1, 0.15) is 37.0 Å². The van der Waals surface area contributed by atoms with Crippen molar-refractivity contribution < 1.29 is 23.2 Å². The molecule has 0 heterocycles. The lowest BCUT2D eigenvalue weighted by Gasteiger charge is -2.27. The number of hydrogen-bond acceptors (Lipinski definition) is 5. The van der Waals surface area contributed by atoms with Gasteiger partial charge in [-0.15, -0.1) is 0 Å². The monoisotopic (exact) mass is 537 g/mol. The van der Waals surface area contributed by atoms with Crippen molar-refractivity contribution >= 4 is 19.6 Å². The fourth-order valence-corrected chi connectivity index (χ4v) is 5.27. The van der Waals surface area contributed by atoms with Crippen LogP contribution in [0.25, 0.3) is 0 Å². The predicted octanol–water partition coefficient (Wildman–Crippen LogP) is 4.75. The van der Waals surface area contributed by atoms with Crippen molar-refractivity contribution in [2.75, 3.05) is 0 Å². The number of nitrogens with two attached hydrogens (primary N) is 1. The van der Waals surface area contributed by atoms with Gasteiger partial charge >= 0.3 is 7.75 Å². The van der Waals surface area contributed by atoms with Crippen LogP contribution in [0, 0.1) is 5.92 Å². The lowest BCUT2D eigenvalue weighted by Crippen LogP contribution is -2.52. The number of carbonyl (C=O) groups excluding carboxylic acids is 2. The first-order chi connectivity index (χ1) is 18.2.